The quantitative estimate of drug-likeness (QED) is 0.0425. The number of rotatable bonds is 42. The van der Waals surface area contributed by atoms with Crippen molar-refractivity contribution < 1.29 is 23.7 Å². The number of hydrogen-bond acceptors (Lipinski definition) is 3. The fourth-order valence-electron chi connectivity index (χ4n) is 8.24. The highest BCUT2D eigenvalue weighted by Gasteiger charge is 2.27. The Kier molecular flexibility index (Phi) is 36.1. The third-order valence-electron chi connectivity index (χ3n) is 11.8. The van der Waals surface area contributed by atoms with Gasteiger partial charge in [-0.1, -0.05) is 182 Å². The third-order valence-corrected chi connectivity index (χ3v) is 11.8. The molecule has 0 saturated carbocycles. The summed E-state index contributed by atoms with van der Waals surface area (Å²) in [7, 11) is 8.70. The smallest absolute Gasteiger partial charge is 0.219 e. The number of aliphatic hydroxyl groups is 1. The highest BCUT2D eigenvalue weighted by molar-refractivity contribution is 5.76. The van der Waals surface area contributed by atoms with Crippen molar-refractivity contribution in [3.8, 4) is 0 Å². The number of hydrogen-bond donors (Lipinski definition) is 3. The van der Waals surface area contributed by atoms with E-state index in [0.717, 1.165) is 72.4 Å². The average Bonchev–Trinajstić information content (AvgIpc) is 3.11. The lowest BCUT2D eigenvalue weighted by Gasteiger charge is -2.36. The van der Waals surface area contributed by atoms with E-state index in [1.807, 2.05) is 0 Å². The van der Waals surface area contributed by atoms with Crippen LogP contribution in [0.25, 0.3) is 0 Å². The van der Waals surface area contributed by atoms with Crippen LogP contribution in [-0.2, 0) is 9.59 Å². The van der Waals surface area contributed by atoms with E-state index in [9.17, 15) is 14.7 Å². The maximum atomic E-state index is 12.4. The first-order valence-corrected chi connectivity index (χ1v) is 24.6. The van der Waals surface area contributed by atoms with Crippen LogP contribution in [-0.4, -0.2) is 99.5 Å². The molecule has 0 unspecified atom stereocenters. The van der Waals surface area contributed by atoms with Gasteiger partial charge in [-0.25, -0.2) is 0 Å². The van der Waals surface area contributed by atoms with Crippen molar-refractivity contribution in [2.75, 3.05) is 67.5 Å². The molecule has 0 bridgehead atoms. The van der Waals surface area contributed by atoms with Crippen LogP contribution < -0.4 is 10.6 Å². The van der Waals surface area contributed by atoms with Gasteiger partial charge in [0.25, 0.3) is 0 Å². The minimum Gasteiger partial charge on any atom is -0.382 e. The van der Waals surface area contributed by atoms with Gasteiger partial charge in [0.1, 0.15) is 13.1 Å². The predicted octanol–water partition coefficient (Wildman–Crippen LogP) is 11.7. The molecule has 0 rings (SSSR count). The Morgan fingerprint density at radius 1 is 0.411 bits per heavy atom. The van der Waals surface area contributed by atoms with Gasteiger partial charge < -0.3 is 24.7 Å². The van der Waals surface area contributed by atoms with Gasteiger partial charge in [-0.15, -0.1) is 0 Å². The molecule has 0 heterocycles. The summed E-state index contributed by atoms with van der Waals surface area (Å²) in [5.41, 5.74) is 0. The van der Waals surface area contributed by atoms with E-state index >= 15 is 0 Å². The van der Waals surface area contributed by atoms with Gasteiger partial charge in [-0.05, 0) is 24.7 Å². The highest BCUT2D eigenvalue weighted by Crippen LogP contribution is 2.16. The Morgan fingerprint density at radius 2 is 0.661 bits per heavy atom. The lowest BCUT2D eigenvalue weighted by Crippen LogP contribution is -2.53. The second-order valence-electron chi connectivity index (χ2n) is 20.1. The van der Waals surface area contributed by atoms with Gasteiger partial charge in [0.15, 0.2) is 6.10 Å². The molecule has 56 heavy (non-hydrogen) atoms. The molecule has 0 aromatic carbocycles. The van der Waals surface area contributed by atoms with Crippen molar-refractivity contribution in [1.29, 1.82) is 0 Å². The maximum absolute atomic E-state index is 12.4. The minimum absolute atomic E-state index is 0.184. The molecule has 0 aliphatic carbocycles. The molecule has 3 N–H and O–H groups in total. The van der Waals surface area contributed by atoms with Crippen molar-refractivity contribution in [1.82, 2.24) is 10.6 Å². The molecule has 0 saturated heterocycles. The zero-order valence-electron chi connectivity index (χ0n) is 39.3. The van der Waals surface area contributed by atoms with E-state index in [2.05, 4.69) is 66.5 Å². The second-order valence-corrected chi connectivity index (χ2v) is 20.1. The van der Waals surface area contributed by atoms with Gasteiger partial charge in [-0.3, -0.25) is 9.59 Å². The summed E-state index contributed by atoms with van der Waals surface area (Å²) < 4.78 is 1.48. The standard InChI is InChI=1S/C49H100N4O3/c1-45(2)35-29-25-21-17-13-9-11-15-19-23-27-31-37-48(55)50-39-33-41-52(5,6)43-47(54)44-53(7,8)42-34-40-51-49(56)38-32-28-24-20-16-12-10-14-18-22-26-30-36-46(3)4/h45-47,54H,9-44H2,1-8H3/p+2. The maximum Gasteiger partial charge on any atom is 0.219 e. The highest BCUT2D eigenvalue weighted by atomic mass is 16.3. The lowest BCUT2D eigenvalue weighted by atomic mass is 10.0. The fraction of sp³-hybridized carbons (Fsp3) is 0.959. The molecule has 0 atom stereocenters. The molecule has 334 valence electrons. The summed E-state index contributed by atoms with van der Waals surface area (Å²) in [6.07, 6.45) is 37.2. The monoisotopic (exact) mass is 795 g/mol. The Labute approximate surface area is 350 Å². The predicted molar refractivity (Wildman–Crippen MR) is 244 cm³/mol. The minimum atomic E-state index is -0.391. The first kappa shape index (κ1) is 54.8. The van der Waals surface area contributed by atoms with Crippen LogP contribution in [0.5, 0.6) is 0 Å². The summed E-state index contributed by atoms with van der Waals surface area (Å²) >= 11 is 0. The molecule has 0 aliphatic heterocycles. The number of nitrogens with one attached hydrogen (secondary N) is 2. The number of unbranched alkanes of at least 4 members (excludes halogenated alkanes) is 22. The molecule has 0 fully saturated rings. The second kappa shape index (κ2) is 36.9. The van der Waals surface area contributed by atoms with Crippen LogP contribution in [0, 0.1) is 11.8 Å². The third kappa shape index (κ3) is 41.0. The summed E-state index contributed by atoms with van der Waals surface area (Å²) in [4.78, 5) is 24.7. The van der Waals surface area contributed by atoms with E-state index in [1.165, 1.54) is 141 Å². The van der Waals surface area contributed by atoms with Gasteiger partial charge >= 0.3 is 0 Å². The largest absolute Gasteiger partial charge is 0.382 e. The molecule has 7 heteroatoms. The molecule has 0 aliphatic rings. The van der Waals surface area contributed by atoms with Gasteiger partial charge in [0, 0.05) is 38.8 Å². The summed E-state index contributed by atoms with van der Waals surface area (Å²) in [5, 5.41) is 17.2. The van der Waals surface area contributed by atoms with Crippen LogP contribution in [0.4, 0.5) is 0 Å². The van der Waals surface area contributed by atoms with Crippen molar-refractivity contribution in [3.63, 3.8) is 0 Å². The first-order valence-electron chi connectivity index (χ1n) is 24.6. The molecule has 0 aromatic rings. The molecule has 0 aromatic heterocycles. The van der Waals surface area contributed by atoms with Crippen molar-refractivity contribution in [3.05, 3.63) is 0 Å². The van der Waals surface area contributed by atoms with E-state index in [-0.39, 0.29) is 11.8 Å². The van der Waals surface area contributed by atoms with Crippen molar-refractivity contribution >= 4 is 11.8 Å². The molecular formula is C49H102N4O3+2. The number of likely N-dealkylation sites (N-methyl/N-ethyl adjacent to an activating group) is 2. The first-order chi connectivity index (χ1) is 26.7. The Hall–Kier alpha value is -1.18. The Balaban J connectivity index is 3.74. The normalized spacial score (nSPS) is 12.4. The number of amides is 2. The van der Waals surface area contributed by atoms with Gasteiger partial charge in [-0.2, -0.15) is 0 Å². The van der Waals surface area contributed by atoms with Gasteiger partial charge in [0.2, 0.25) is 11.8 Å². The molecule has 0 spiro atoms. The van der Waals surface area contributed by atoms with E-state index in [1.54, 1.807) is 0 Å². The molecular weight excluding hydrogens is 693 g/mol. The lowest BCUT2D eigenvalue weighted by molar-refractivity contribution is -0.914. The summed E-state index contributed by atoms with van der Waals surface area (Å²) in [5.74, 6) is 2.07. The Bertz CT molecular complexity index is 821. The number of nitrogens with zero attached hydrogens (tertiary/aromatic N) is 2. The zero-order valence-corrected chi connectivity index (χ0v) is 39.3. The van der Waals surface area contributed by atoms with E-state index < -0.39 is 6.10 Å². The fourth-order valence-corrected chi connectivity index (χ4v) is 8.24. The molecule has 0 radical (unpaired) electrons. The topological polar surface area (TPSA) is 78.4 Å². The van der Waals surface area contributed by atoms with Crippen molar-refractivity contribution in [2.45, 2.75) is 226 Å². The number of carbonyl (C=O) groups excluding carboxylic acids is 2. The van der Waals surface area contributed by atoms with E-state index in [4.69, 9.17) is 0 Å². The number of aliphatic hydroxyl groups excluding tert-OH is 1. The van der Waals surface area contributed by atoms with Gasteiger partial charge in [0.05, 0.1) is 41.3 Å². The number of carbonyl (C=O) groups is 2. The molecule has 7 nitrogen and oxygen atoms in total. The zero-order chi connectivity index (χ0) is 41.8. The average molecular weight is 795 g/mol. The van der Waals surface area contributed by atoms with Crippen molar-refractivity contribution in [2.24, 2.45) is 11.8 Å². The van der Waals surface area contributed by atoms with Crippen LogP contribution in [0.2, 0.25) is 0 Å². The summed E-state index contributed by atoms with van der Waals surface area (Å²) in [6.45, 7) is 14.0. The van der Waals surface area contributed by atoms with Crippen LogP contribution in [0.1, 0.15) is 220 Å². The van der Waals surface area contributed by atoms with Crippen LogP contribution >= 0.6 is 0 Å². The van der Waals surface area contributed by atoms with Crippen LogP contribution in [0.15, 0.2) is 0 Å². The van der Waals surface area contributed by atoms with E-state index in [0.29, 0.717) is 39.0 Å². The summed E-state index contributed by atoms with van der Waals surface area (Å²) in [6, 6.07) is 0. The van der Waals surface area contributed by atoms with Crippen LogP contribution in [0.3, 0.4) is 0 Å². The number of quaternary nitrogens is 2. The molecule has 2 amide bonds. The SMILES string of the molecule is CC(C)CCCCCCCCCCCCCCC(=O)NCCC[N+](C)(C)CC(O)C[N+](C)(C)CCCNC(=O)CCCCCCCCCCCCCCC(C)C. The Morgan fingerprint density at radius 3 is 0.929 bits per heavy atom.